The van der Waals surface area contributed by atoms with Crippen LogP contribution in [0.25, 0.3) is 0 Å². The molecule has 1 fully saturated rings. The van der Waals surface area contributed by atoms with Crippen molar-refractivity contribution in [2.24, 2.45) is 5.92 Å². The second-order valence-electron chi connectivity index (χ2n) is 8.00. The Morgan fingerprint density at radius 3 is 2.27 bits per heavy atom. The molecular weight excluding hydrogens is 350 g/mol. The van der Waals surface area contributed by atoms with Gasteiger partial charge in [-0.2, -0.15) is 0 Å². The van der Waals surface area contributed by atoms with E-state index in [-0.39, 0.29) is 12.0 Å². The summed E-state index contributed by atoms with van der Waals surface area (Å²) in [6.07, 6.45) is 4.47. The van der Waals surface area contributed by atoms with E-state index in [0.29, 0.717) is 22.1 Å². The molecule has 0 heterocycles. The molecule has 1 aliphatic carbocycles. The highest BCUT2D eigenvalue weighted by molar-refractivity contribution is 6.31. The molecule has 2 aromatic rings. The van der Waals surface area contributed by atoms with Crippen molar-refractivity contribution in [3.05, 3.63) is 69.2 Å². The standard InChI is InChI=1S/C23H27ClF2/c1-15-4-8-19(9-5-15)20-10-11-21(17(3)12-20)23(25,26)14-18-7-6-16(2)22(24)13-18/h6-7,10-13,15,19H,4-5,8-9,14H2,1-3H3. The maximum absolute atomic E-state index is 14.9. The van der Waals surface area contributed by atoms with Gasteiger partial charge >= 0.3 is 0 Å². The highest BCUT2D eigenvalue weighted by Crippen LogP contribution is 2.39. The van der Waals surface area contributed by atoms with Crippen LogP contribution in [-0.2, 0) is 12.3 Å². The van der Waals surface area contributed by atoms with Crippen molar-refractivity contribution in [1.82, 2.24) is 0 Å². The summed E-state index contributed by atoms with van der Waals surface area (Å²) in [5, 5.41) is 0.539. The van der Waals surface area contributed by atoms with E-state index >= 15 is 0 Å². The fourth-order valence-electron chi connectivity index (χ4n) is 4.04. The van der Waals surface area contributed by atoms with Crippen LogP contribution in [0, 0.1) is 19.8 Å². The van der Waals surface area contributed by atoms with Crippen molar-refractivity contribution in [3.63, 3.8) is 0 Å². The van der Waals surface area contributed by atoms with Gasteiger partial charge in [-0.05, 0) is 66.8 Å². The molecule has 140 valence electrons. The molecular formula is C23H27ClF2. The predicted octanol–water partition coefficient (Wildman–Crippen LogP) is 7.59. The van der Waals surface area contributed by atoms with Crippen molar-refractivity contribution >= 4 is 11.6 Å². The molecule has 0 amide bonds. The molecule has 0 N–H and O–H groups in total. The Bertz CT molecular complexity index is 774. The Kier molecular flexibility index (Phi) is 5.72. The SMILES string of the molecule is Cc1ccc(CC(F)(F)c2ccc(C3CCC(C)CC3)cc2C)cc1Cl. The van der Waals surface area contributed by atoms with Gasteiger partial charge in [0.2, 0.25) is 0 Å². The molecule has 0 saturated heterocycles. The molecule has 1 saturated carbocycles. The van der Waals surface area contributed by atoms with Gasteiger partial charge in [-0.3, -0.25) is 0 Å². The normalized spacial score (nSPS) is 21.0. The monoisotopic (exact) mass is 376 g/mol. The number of halogens is 3. The second kappa shape index (κ2) is 7.68. The van der Waals surface area contributed by atoms with Crippen molar-refractivity contribution < 1.29 is 8.78 Å². The van der Waals surface area contributed by atoms with Gasteiger partial charge in [-0.1, -0.05) is 61.7 Å². The largest absolute Gasteiger partial charge is 0.277 e. The maximum atomic E-state index is 14.9. The average molecular weight is 377 g/mol. The van der Waals surface area contributed by atoms with Gasteiger partial charge in [0.15, 0.2) is 0 Å². The van der Waals surface area contributed by atoms with E-state index < -0.39 is 5.92 Å². The third-order valence-electron chi connectivity index (χ3n) is 5.79. The molecule has 3 rings (SSSR count). The first-order chi connectivity index (χ1) is 12.3. The quantitative estimate of drug-likeness (QED) is 0.515. The molecule has 0 aromatic heterocycles. The lowest BCUT2D eigenvalue weighted by Crippen LogP contribution is -2.19. The Labute approximate surface area is 160 Å². The zero-order valence-corrected chi connectivity index (χ0v) is 16.5. The number of hydrogen-bond donors (Lipinski definition) is 0. The lowest BCUT2D eigenvalue weighted by Gasteiger charge is -2.27. The van der Waals surface area contributed by atoms with E-state index in [1.807, 2.05) is 19.1 Å². The van der Waals surface area contributed by atoms with Gasteiger partial charge in [0.25, 0.3) is 5.92 Å². The first kappa shape index (κ1) is 19.4. The van der Waals surface area contributed by atoms with Crippen LogP contribution in [0.5, 0.6) is 0 Å². The molecule has 2 aromatic carbocycles. The molecule has 0 radical (unpaired) electrons. The number of rotatable bonds is 4. The van der Waals surface area contributed by atoms with E-state index in [1.165, 1.54) is 18.4 Å². The molecule has 0 spiro atoms. The van der Waals surface area contributed by atoms with Crippen LogP contribution in [0.1, 0.15) is 66.3 Å². The minimum atomic E-state index is -2.90. The van der Waals surface area contributed by atoms with E-state index in [2.05, 4.69) is 6.92 Å². The third-order valence-corrected chi connectivity index (χ3v) is 6.20. The summed E-state index contributed by atoms with van der Waals surface area (Å²) in [5.74, 6) is -1.59. The van der Waals surface area contributed by atoms with Crippen LogP contribution in [0.4, 0.5) is 8.78 Å². The van der Waals surface area contributed by atoms with Gasteiger partial charge in [-0.15, -0.1) is 0 Å². The second-order valence-corrected chi connectivity index (χ2v) is 8.40. The fraction of sp³-hybridized carbons (Fsp3) is 0.478. The van der Waals surface area contributed by atoms with Gasteiger partial charge < -0.3 is 0 Å². The summed E-state index contributed by atoms with van der Waals surface area (Å²) in [6.45, 7) is 5.97. The molecule has 0 nitrogen and oxygen atoms in total. The number of aryl methyl sites for hydroxylation is 2. The van der Waals surface area contributed by atoms with Crippen LogP contribution >= 0.6 is 11.6 Å². The third kappa shape index (κ3) is 4.28. The summed E-state index contributed by atoms with van der Waals surface area (Å²) >= 11 is 6.09. The van der Waals surface area contributed by atoms with Crippen LogP contribution in [0.3, 0.4) is 0 Å². The molecule has 0 unspecified atom stereocenters. The first-order valence-corrected chi connectivity index (χ1v) is 9.88. The first-order valence-electron chi connectivity index (χ1n) is 9.50. The zero-order valence-electron chi connectivity index (χ0n) is 15.8. The van der Waals surface area contributed by atoms with Gasteiger partial charge in [0.1, 0.15) is 0 Å². The molecule has 0 atom stereocenters. The molecule has 3 heteroatoms. The Morgan fingerprint density at radius 2 is 1.65 bits per heavy atom. The molecule has 1 aliphatic rings. The lowest BCUT2D eigenvalue weighted by atomic mass is 9.78. The van der Waals surface area contributed by atoms with Gasteiger partial charge in [-0.25, -0.2) is 8.78 Å². The molecule has 0 bridgehead atoms. The fourth-order valence-corrected chi connectivity index (χ4v) is 4.25. The Hall–Kier alpha value is -1.41. The zero-order chi connectivity index (χ0) is 18.9. The van der Waals surface area contributed by atoms with E-state index in [1.54, 1.807) is 31.2 Å². The summed E-state index contributed by atoms with van der Waals surface area (Å²) in [5.41, 5.74) is 3.50. The maximum Gasteiger partial charge on any atom is 0.277 e. The summed E-state index contributed by atoms with van der Waals surface area (Å²) < 4.78 is 29.8. The van der Waals surface area contributed by atoms with Crippen LogP contribution in [-0.4, -0.2) is 0 Å². The molecule has 26 heavy (non-hydrogen) atoms. The van der Waals surface area contributed by atoms with Crippen molar-refractivity contribution in [2.75, 3.05) is 0 Å². The van der Waals surface area contributed by atoms with Crippen LogP contribution in [0.15, 0.2) is 36.4 Å². The summed E-state index contributed by atoms with van der Waals surface area (Å²) in [6, 6.07) is 10.7. The highest BCUT2D eigenvalue weighted by Gasteiger charge is 2.34. The van der Waals surface area contributed by atoms with Crippen molar-refractivity contribution in [2.45, 2.75) is 64.7 Å². The van der Waals surface area contributed by atoms with E-state index in [9.17, 15) is 8.78 Å². The summed E-state index contributed by atoms with van der Waals surface area (Å²) in [7, 11) is 0. The molecule has 0 aliphatic heterocycles. The Morgan fingerprint density at radius 1 is 0.962 bits per heavy atom. The van der Waals surface area contributed by atoms with Gasteiger partial charge in [0, 0.05) is 17.0 Å². The van der Waals surface area contributed by atoms with Crippen molar-refractivity contribution in [3.8, 4) is 0 Å². The minimum absolute atomic E-state index is 0.127. The van der Waals surface area contributed by atoms with Crippen LogP contribution < -0.4 is 0 Å². The lowest BCUT2D eigenvalue weighted by molar-refractivity contribution is -0.00445. The highest BCUT2D eigenvalue weighted by atomic mass is 35.5. The average Bonchev–Trinajstić information content (AvgIpc) is 2.58. The smallest absolute Gasteiger partial charge is 0.201 e. The number of benzene rings is 2. The Balaban J connectivity index is 1.79. The van der Waals surface area contributed by atoms with E-state index in [0.717, 1.165) is 24.3 Å². The van der Waals surface area contributed by atoms with E-state index in [4.69, 9.17) is 11.6 Å². The topological polar surface area (TPSA) is 0 Å². The predicted molar refractivity (Wildman–Crippen MR) is 105 cm³/mol. The number of hydrogen-bond acceptors (Lipinski definition) is 0. The summed E-state index contributed by atoms with van der Waals surface area (Å²) in [4.78, 5) is 0. The minimum Gasteiger partial charge on any atom is -0.201 e. The van der Waals surface area contributed by atoms with Crippen molar-refractivity contribution in [1.29, 1.82) is 0 Å². The number of alkyl halides is 2. The van der Waals surface area contributed by atoms with Gasteiger partial charge in [0.05, 0.1) is 0 Å². The van der Waals surface area contributed by atoms with Crippen LogP contribution in [0.2, 0.25) is 5.02 Å².